The number of carboxylic acids is 1. The lowest BCUT2D eigenvalue weighted by Crippen LogP contribution is -2.42. The molecule has 2 atom stereocenters. The maximum Gasteiger partial charge on any atom is 0.410 e. The summed E-state index contributed by atoms with van der Waals surface area (Å²) in [5.41, 5.74) is -0.508. The number of carbonyl (C=O) groups is 1. The van der Waals surface area contributed by atoms with E-state index >= 15 is 0 Å². The maximum absolute atomic E-state index is 13.2. The van der Waals surface area contributed by atoms with E-state index in [1.54, 1.807) is 0 Å². The predicted octanol–water partition coefficient (Wildman–Crippen LogP) is 2.67. The Morgan fingerprint density at radius 3 is 2.70 bits per heavy atom. The highest BCUT2D eigenvalue weighted by Gasteiger charge is 2.53. The molecule has 0 aromatic carbocycles. The van der Waals surface area contributed by atoms with Crippen LogP contribution >= 0.6 is 0 Å². The second-order valence-corrected chi connectivity index (χ2v) is 5.81. The Hall–Kier alpha value is -1.73. The van der Waals surface area contributed by atoms with Crippen molar-refractivity contribution in [1.29, 1.82) is 0 Å². The first-order valence-electron chi connectivity index (χ1n) is 6.37. The lowest BCUT2D eigenvalue weighted by molar-refractivity contribution is -0.174. The van der Waals surface area contributed by atoms with E-state index in [4.69, 9.17) is 5.11 Å². The molecule has 0 radical (unpaired) electrons. The van der Waals surface area contributed by atoms with E-state index in [1.807, 2.05) is 6.92 Å². The molecule has 2 N–H and O–H groups in total. The van der Waals surface area contributed by atoms with Crippen LogP contribution in [0.3, 0.4) is 0 Å². The first-order chi connectivity index (χ1) is 9.21. The number of carboxylic acid groups (broad SMARTS) is 1. The van der Waals surface area contributed by atoms with Crippen LogP contribution in [0.4, 0.5) is 19.0 Å². The molecule has 8 heteroatoms. The third-order valence-corrected chi connectivity index (χ3v) is 4.29. The number of hydrogen-bond acceptors (Lipinski definition) is 3. The van der Waals surface area contributed by atoms with Crippen LogP contribution in [0.15, 0.2) is 6.07 Å². The lowest BCUT2D eigenvalue weighted by atomic mass is 9.90. The molecule has 1 aromatic rings. The minimum Gasteiger partial charge on any atom is -0.476 e. The number of nitrogens with one attached hydrogen (secondary N) is 1. The van der Waals surface area contributed by atoms with Crippen LogP contribution in [0, 0.1) is 5.41 Å². The Morgan fingerprint density at radius 2 is 2.20 bits per heavy atom. The predicted molar refractivity (Wildman–Crippen MR) is 63.6 cm³/mol. The summed E-state index contributed by atoms with van der Waals surface area (Å²) >= 11 is 0. The van der Waals surface area contributed by atoms with Gasteiger partial charge in [-0.25, -0.2) is 9.48 Å². The van der Waals surface area contributed by atoms with Gasteiger partial charge in [0.05, 0.1) is 0 Å². The lowest BCUT2D eigenvalue weighted by Gasteiger charge is -2.36. The molecule has 0 amide bonds. The highest BCUT2D eigenvalue weighted by Crippen LogP contribution is 2.54. The molecular formula is C12H14F3N3O2. The van der Waals surface area contributed by atoms with Crippen molar-refractivity contribution in [3.63, 3.8) is 0 Å². The zero-order valence-electron chi connectivity index (χ0n) is 10.7. The minimum atomic E-state index is -4.44. The Bertz CT molecular complexity index is 563. The Balaban J connectivity index is 2.01. The Labute approximate surface area is 112 Å². The van der Waals surface area contributed by atoms with Crippen molar-refractivity contribution in [2.24, 2.45) is 5.41 Å². The summed E-state index contributed by atoms with van der Waals surface area (Å²) in [6.07, 6.45) is -2.79. The van der Waals surface area contributed by atoms with Gasteiger partial charge in [-0.3, -0.25) is 0 Å². The van der Waals surface area contributed by atoms with Crippen LogP contribution < -0.4 is 5.32 Å². The van der Waals surface area contributed by atoms with Crippen molar-refractivity contribution in [2.75, 3.05) is 5.32 Å². The second-order valence-electron chi connectivity index (χ2n) is 5.81. The fraction of sp³-hybridized carbons (Fsp3) is 0.667. The van der Waals surface area contributed by atoms with E-state index in [1.165, 1.54) is 6.07 Å². The van der Waals surface area contributed by atoms with Gasteiger partial charge in [0, 0.05) is 12.1 Å². The molecular weight excluding hydrogens is 275 g/mol. The van der Waals surface area contributed by atoms with Crippen LogP contribution in [0.2, 0.25) is 0 Å². The van der Waals surface area contributed by atoms with Gasteiger partial charge in [0.25, 0.3) is 0 Å². The molecule has 1 aromatic heterocycles. The highest BCUT2D eigenvalue weighted by molar-refractivity contribution is 5.86. The van der Waals surface area contributed by atoms with Crippen LogP contribution in [0.5, 0.6) is 0 Å². The van der Waals surface area contributed by atoms with E-state index < -0.39 is 18.2 Å². The third kappa shape index (κ3) is 2.03. The first-order valence-corrected chi connectivity index (χ1v) is 6.37. The van der Waals surface area contributed by atoms with Gasteiger partial charge >= 0.3 is 12.1 Å². The van der Waals surface area contributed by atoms with Crippen LogP contribution in [-0.2, 0) is 0 Å². The van der Waals surface area contributed by atoms with E-state index in [9.17, 15) is 18.0 Å². The zero-order chi connectivity index (χ0) is 14.7. The topological polar surface area (TPSA) is 67.2 Å². The number of halogens is 3. The summed E-state index contributed by atoms with van der Waals surface area (Å²) in [5.74, 6) is -1.20. The second kappa shape index (κ2) is 3.89. The molecule has 0 saturated heterocycles. The third-order valence-electron chi connectivity index (χ3n) is 4.29. The number of rotatable bonds is 2. The average Bonchev–Trinajstić information content (AvgIpc) is 2.93. The normalized spacial score (nSPS) is 27.6. The number of hydrogen-bond donors (Lipinski definition) is 2. The fourth-order valence-corrected chi connectivity index (χ4v) is 2.68. The van der Waals surface area contributed by atoms with Gasteiger partial charge in [0.1, 0.15) is 5.82 Å². The number of nitrogens with zero attached hydrogens (tertiary/aromatic N) is 2. The Kier molecular flexibility index (Phi) is 2.58. The molecule has 110 valence electrons. The smallest absolute Gasteiger partial charge is 0.410 e. The number of fused-ring (bicyclic) bond motifs is 1. The quantitative estimate of drug-likeness (QED) is 0.878. The van der Waals surface area contributed by atoms with E-state index in [0.717, 1.165) is 17.5 Å². The fourth-order valence-electron chi connectivity index (χ4n) is 2.68. The van der Waals surface area contributed by atoms with Crippen molar-refractivity contribution in [2.45, 2.75) is 44.4 Å². The summed E-state index contributed by atoms with van der Waals surface area (Å²) in [5, 5.41) is 15.5. The summed E-state index contributed by atoms with van der Waals surface area (Å²) < 4.78 is 40.3. The Morgan fingerprint density at radius 1 is 1.55 bits per heavy atom. The monoisotopic (exact) mass is 289 g/mol. The van der Waals surface area contributed by atoms with E-state index in [-0.39, 0.29) is 29.4 Å². The van der Waals surface area contributed by atoms with Gasteiger partial charge in [0.15, 0.2) is 11.7 Å². The maximum atomic E-state index is 13.2. The first kappa shape index (κ1) is 13.3. The highest BCUT2D eigenvalue weighted by atomic mass is 19.4. The summed E-state index contributed by atoms with van der Waals surface area (Å²) in [4.78, 5) is 10.9. The molecule has 1 saturated carbocycles. The molecule has 0 unspecified atom stereocenters. The molecule has 5 nitrogen and oxygen atoms in total. The van der Waals surface area contributed by atoms with Gasteiger partial charge in [0.2, 0.25) is 0 Å². The van der Waals surface area contributed by atoms with Crippen LogP contribution in [0.25, 0.3) is 0 Å². The summed E-state index contributed by atoms with van der Waals surface area (Å²) in [6.45, 7) is 1.95. The molecule has 0 spiro atoms. The van der Waals surface area contributed by atoms with E-state index in [2.05, 4.69) is 10.4 Å². The van der Waals surface area contributed by atoms with Gasteiger partial charge in [-0.1, -0.05) is 6.92 Å². The molecule has 3 rings (SSSR count). The van der Waals surface area contributed by atoms with Gasteiger partial charge in [-0.05, 0) is 24.7 Å². The van der Waals surface area contributed by atoms with Gasteiger partial charge < -0.3 is 10.4 Å². The minimum absolute atomic E-state index is 0.117. The number of anilines is 1. The number of aromatic carboxylic acids is 1. The van der Waals surface area contributed by atoms with Crippen LogP contribution in [0.1, 0.15) is 42.7 Å². The molecule has 0 bridgehead atoms. The van der Waals surface area contributed by atoms with E-state index in [0.29, 0.717) is 0 Å². The van der Waals surface area contributed by atoms with Crippen molar-refractivity contribution >= 4 is 11.8 Å². The molecule has 2 heterocycles. The van der Waals surface area contributed by atoms with Crippen molar-refractivity contribution < 1.29 is 23.1 Å². The van der Waals surface area contributed by atoms with Gasteiger partial charge in [-0.2, -0.15) is 18.3 Å². The standard InChI is InChI=1S/C12H14F3N3O2/c1-11(2-3-11)7-5-8(12(13,14)15)18-9(16-7)4-6(17-18)10(19)20/h4,7-8,16H,2-3,5H2,1H3,(H,19,20)/t7-,8+/m0/s1. The van der Waals surface area contributed by atoms with Crippen molar-refractivity contribution in [3.8, 4) is 0 Å². The van der Waals surface area contributed by atoms with Crippen LogP contribution in [-0.4, -0.2) is 33.1 Å². The largest absolute Gasteiger partial charge is 0.476 e. The number of alkyl halides is 3. The SMILES string of the molecule is CC1([C@@H]2C[C@H](C(F)(F)F)n3nc(C(=O)O)cc3N2)CC1. The summed E-state index contributed by atoms with van der Waals surface area (Å²) in [7, 11) is 0. The summed E-state index contributed by atoms with van der Waals surface area (Å²) in [6, 6.07) is -0.909. The molecule has 1 aliphatic carbocycles. The molecule has 1 aliphatic heterocycles. The zero-order valence-corrected chi connectivity index (χ0v) is 10.7. The molecule has 1 fully saturated rings. The average molecular weight is 289 g/mol. The number of aromatic nitrogens is 2. The van der Waals surface area contributed by atoms with Gasteiger partial charge in [-0.15, -0.1) is 0 Å². The van der Waals surface area contributed by atoms with Crippen molar-refractivity contribution in [3.05, 3.63) is 11.8 Å². The molecule has 20 heavy (non-hydrogen) atoms. The molecule has 2 aliphatic rings. The van der Waals surface area contributed by atoms with Crippen molar-refractivity contribution in [1.82, 2.24) is 9.78 Å².